The number of likely N-dealkylation sites (N-methyl/N-ethyl adjacent to an activating group) is 1. The van der Waals surface area contributed by atoms with Crippen LogP contribution in [-0.4, -0.2) is 25.0 Å². The number of nitrogens with zero attached hydrogens (tertiary/aromatic N) is 1. The third kappa shape index (κ3) is 4.95. The molecule has 0 fully saturated rings. The van der Waals surface area contributed by atoms with Crippen molar-refractivity contribution in [3.63, 3.8) is 0 Å². The SMILES string of the molecule is COc1ccc(CN(C)C(=O)Cc2cccc(C(F)(F)F)c2)cc1F. The molecule has 0 aromatic heterocycles. The van der Waals surface area contributed by atoms with Crippen molar-refractivity contribution in [3.05, 3.63) is 65.0 Å². The van der Waals surface area contributed by atoms with Crippen molar-refractivity contribution in [2.24, 2.45) is 0 Å². The Morgan fingerprint density at radius 2 is 1.84 bits per heavy atom. The molecule has 0 aliphatic carbocycles. The molecule has 0 atom stereocenters. The molecule has 0 aliphatic heterocycles. The van der Waals surface area contributed by atoms with Crippen LogP contribution in [0.3, 0.4) is 0 Å². The van der Waals surface area contributed by atoms with Crippen LogP contribution in [0.2, 0.25) is 0 Å². The van der Waals surface area contributed by atoms with E-state index in [1.807, 2.05) is 0 Å². The van der Waals surface area contributed by atoms with Gasteiger partial charge in [-0.05, 0) is 29.3 Å². The van der Waals surface area contributed by atoms with Gasteiger partial charge in [0, 0.05) is 13.6 Å². The molecule has 3 nitrogen and oxygen atoms in total. The van der Waals surface area contributed by atoms with Gasteiger partial charge in [-0.2, -0.15) is 13.2 Å². The second kappa shape index (κ2) is 7.55. The highest BCUT2D eigenvalue weighted by molar-refractivity contribution is 5.78. The van der Waals surface area contributed by atoms with Gasteiger partial charge in [0.25, 0.3) is 0 Å². The molecule has 134 valence electrons. The van der Waals surface area contributed by atoms with Crippen molar-refractivity contribution >= 4 is 5.91 Å². The maximum absolute atomic E-state index is 13.7. The first-order chi connectivity index (χ1) is 11.7. The third-order valence-electron chi connectivity index (χ3n) is 3.67. The second-order valence-electron chi connectivity index (χ2n) is 5.59. The molecule has 0 N–H and O–H groups in total. The number of amides is 1. The highest BCUT2D eigenvalue weighted by atomic mass is 19.4. The van der Waals surface area contributed by atoms with Crippen LogP contribution in [0.1, 0.15) is 16.7 Å². The lowest BCUT2D eigenvalue weighted by Gasteiger charge is -2.18. The van der Waals surface area contributed by atoms with E-state index in [1.54, 1.807) is 6.07 Å². The normalized spacial score (nSPS) is 11.3. The molecule has 0 spiro atoms. The molecule has 25 heavy (non-hydrogen) atoms. The van der Waals surface area contributed by atoms with Crippen molar-refractivity contribution in [2.45, 2.75) is 19.1 Å². The topological polar surface area (TPSA) is 29.5 Å². The fourth-order valence-corrected chi connectivity index (χ4v) is 2.34. The van der Waals surface area contributed by atoms with E-state index in [4.69, 9.17) is 4.74 Å². The van der Waals surface area contributed by atoms with E-state index in [0.717, 1.165) is 12.1 Å². The summed E-state index contributed by atoms with van der Waals surface area (Å²) in [5, 5.41) is 0. The van der Waals surface area contributed by atoms with Crippen LogP contribution in [0.25, 0.3) is 0 Å². The minimum Gasteiger partial charge on any atom is -0.494 e. The molecule has 1 amide bonds. The van der Waals surface area contributed by atoms with Crippen molar-refractivity contribution in [1.82, 2.24) is 4.90 Å². The van der Waals surface area contributed by atoms with E-state index in [2.05, 4.69) is 0 Å². The standard InChI is InChI=1S/C18H17F4NO2/c1-23(11-13-6-7-16(25-2)15(19)9-13)17(24)10-12-4-3-5-14(8-12)18(20,21)22/h3-9H,10-11H2,1-2H3. The predicted molar refractivity (Wildman–Crippen MR) is 84.6 cm³/mol. The molecule has 0 radical (unpaired) electrons. The third-order valence-corrected chi connectivity index (χ3v) is 3.67. The van der Waals surface area contributed by atoms with Crippen LogP contribution >= 0.6 is 0 Å². The van der Waals surface area contributed by atoms with E-state index >= 15 is 0 Å². The number of rotatable bonds is 5. The summed E-state index contributed by atoms with van der Waals surface area (Å²) in [5.41, 5.74) is 0.0310. The quantitative estimate of drug-likeness (QED) is 0.757. The maximum Gasteiger partial charge on any atom is 0.416 e. The molecular weight excluding hydrogens is 338 g/mol. The number of benzene rings is 2. The number of hydrogen-bond acceptors (Lipinski definition) is 2. The minimum absolute atomic E-state index is 0.0988. The summed E-state index contributed by atoms with van der Waals surface area (Å²) < 4.78 is 56.6. The molecule has 0 unspecified atom stereocenters. The molecule has 0 heterocycles. The van der Waals surface area contributed by atoms with Gasteiger partial charge in [0.2, 0.25) is 5.91 Å². The van der Waals surface area contributed by atoms with Gasteiger partial charge >= 0.3 is 6.18 Å². The second-order valence-corrected chi connectivity index (χ2v) is 5.59. The first kappa shape index (κ1) is 18.8. The fraction of sp³-hybridized carbons (Fsp3) is 0.278. The number of halogens is 4. The van der Waals surface area contributed by atoms with Crippen LogP contribution < -0.4 is 4.74 Å². The van der Waals surface area contributed by atoms with E-state index in [-0.39, 0.29) is 30.2 Å². The Labute approximate surface area is 142 Å². The summed E-state index contributed by atoms with van der Waals surface area (Å²) in [6.07, 6.45) is -4.62. The van der Waals surface area contributed by atoms with Gasteiger partial charge in [-0.15, -0.1) is 0 Å². The van der Waals surface area contributed by atoms with Gasteiger partial charge in [-0.1, -0.05) is 24.3 Å². The van der Waals surface area contributed by atoms with Crippen molar-refractivity contribution in [3.8, 4) is 5.75 Å². The number of ether oxygens (including phenoxy) is 1. The van der Waals surface area contributed by atoms with Crippen LogP contribution in [0, 0.1) is 5.82 Å². The average Bonchev–Trinajstić information content (AvgIpc) is 2.54. The zero-order valence-corrected chi connectivity index (χ0v) is 13.7. The first-order valence-corrected chi connectivity index (χ1v) is 7.43. The Balaban J connectivity index is 2.04. The lowest BCUT2D eigenvalue weighted by molar-refractivity contribution is -0.138. The smallest absolute Gasteiger partial charge is 0.416 e. The summed E-state index contributed by atoms with van der Waals surface area (Å²) in [7, 11) is 2.86. The molecule has 0 aliphatic rings. The Bertz CT molecular complexity index is 759. The molecular formula is C18H17F4NO2. The maximum atomic E-state index is 13.7. The summed E-state index contributed by atoms with van der Waals surface area (Å²) in [6, 6.07) is 8.98. The van der Waals surface area contributed by atoms with E-state index in [9.17, 15) is 22.4 Å². The monoisotopic (exact) mass is 355 g/mol. The molecule has 2 aromatic rings. The van der Waals surface area contributed by atoms with Gasteiger partial charge in [-0.25, -0.2) is 4.39 Å². The van der Waals surface area contributed by atoms with Crippen LogP contribution in [0.4, 0.5) is 17.6 Å². The van der Waals surface area contributed by atoms with Crippen molar-refractivity contribution in [1.29, 1.82) is 0 Å². The summed E-state index contributed by atoms with van der Waals surface area (Å²) in [6.45, 7) is 0.138. The highest BCUT2D eigenvalue weighted by Crippen LogP contribution is 2.29. The molecule has 0 bridgehead atoms. The van der Waals surface area contributed by atoms with Gasteiger partial charge in [-0.3, -0.25) is 4.79 Å². The first-order valence-electron chi connectivity index (χ1n) is 7.43. The number of carbonyl (C=O) groups excluding carboxylic acids is 1. The van der Waals surface area contributed by atoms with Crippen molar-refractivity contribution in [2.75, 3.05) is 14.2 Å². The van der Waals surface area contributed by atoms with Gasteiger partial charge in [0.05, 0.1) is 19.1 Å². The van der Waals surface area contributed by atoms with E-state index < -0.39 is 17.6 Å². The zero-order chi connectivity index (χ0) is 18.6. The van der Waals surface area contributed by atoms with Gasteiger partial charge < -0.3 is 9.64 Å². The average molecular weight is 355 g/mol. The largest absolute Gasteiger partial charge is 0.494 e. The Morgan fingerprint density at radius 3 is 2.44 bits per heavy atom. The Hall–Kier alpha value is -2.57. The number of hydrogen-bond donors (Lipinski definition) is 0. The van der Waals surface area contributed by atoms with Gasteiger partial charge in [0.1, 0.15) is 0 Å². The number of methoxy groups -OCH3 is 1. The zero-order valence-electron chi connectivity index (χ0n) is 13.7. The van der Waals surface area contributed by atoms with E-state index in [1.165, 1.54) is 43.3 Å². The highest BCUT2D eigenvalue weighted by Gasteiger charge is 2.30. The molecule has 2 aromatic carbocycles. The van der Waals surface area contributed by atoms with Crippen LogP contribution in [0.15, 0.2) is 42.5 Å². The molecule has 0 saturated carbocycles. The molecule has 0 saturated heterocycles. The van der Waals surface area contributed by atoms with Crippen molar-refractivity contribution < 1.29 is 27.1 Å². The number of alkyl halides is 3. The Kier molecular flexibility index (Phi) is 5.66. The van der Waals surface area contributed by atoms with Gasteiger partial charge in [0.15, 0.2) is 11.6 Å². The summed E-state index contributed by atoms with van der Waals surface area (Å²) in [4.78, 5) is 13.5. The van der Waals surface area contributed by atoms with Crippen LogP contribution in [-0.2, 0) is 23.9 Å². The Morgan fingerprint density at radius 1 is 1.12 bits per heavy atom. The fourth-order valence-electron chi connectivity index (χ4n) is 2.34. The molecule has 2 rings (SSSR count). The number of carbonyl (C=O) groups is 1. The lowest BCUT2D eigenvalue weighted by atomic mass is 10.1. The summed E-state index contributed by atoms with van der Waals surface area (Å²) in [5.74, 6) is -0.809. The van der Waals surface area contributed by atoms with Crippen LogP contribution in [0.5, 0.6) is 5.75 Å². The molecule has 7 heteroatoms. The minimum atomic E-state index is -4.45. The summed E-state index contributed by atoms with van der Waals surface area (Å²) >= 11 is 0. The predicted octanol–water partition coefficient (Wildman–Crippen LogP) is 4.05. The lowest BCUT2D eigenvalue weighted by Crippen LogP contribution is -2.27. The van der Waals surface area contributed by atoms with E-state index in [0.29, 0.717) is 5.56 Å².